The summed E-state index contributed by atoms with van der Waals surface area (Å²) in [5.41, 5.74) is -0.158. The monoisotopic (exact) mass is 198 g/mol. The zero-order valence-corrected chi connectivity index (χ0v) is 9.13. The topological polar surface area (TPSA) is 35.5 Å². The Hall–Kier alpha value is -0.570. The second-order valence-corrected chi connectivity index (χ2v) is 4.88. The van der Waals surface area contributed by atoms with Gasteiger partial charge in [0.15, 0.2) is 0 Å². The number of esters is 1. The Morgan fingerprint density at radius 1 is 1.36 bits per heavy atom. The van der Waals surface area contributed by atoms with Gasteiger partial charge in [0.2, 0.25) is 0 Å². The van der Waals surface area contributed by atoms with E-state index in [1.54, 1.807) is 0 Å². The minimum Gasteiger partial charge on any atom is -0.469 e. The molecule has 0 N–H and O–H groups in total. The lowest BCUT2D eigenvalue weighted by atomic mass is 9.63. The number of rotatable bonds is 3. The van der Waals surface area contributed by atoms with Crippen molar-refractivity contribution < 1.29 is 14.3 Å². The highest BCUT2D eigenvalue weighted by molar-refractivity contribution is 5.81. The summed E-state index contributed by atoms with van der Waals surface area (Å²) in [4.78, 5) is 11.8. The molecule has 3 nitrogen and oxygen atoms in total. The van der Waals surface area contributed by atoms with Crippen LogP contribution < -0.4 is 0 Å². The van der Waals surface area contributed by atoms with Crippen LogP contribution >= 0.6 is 0 Å². The highest BCUT2D eigenvalue weighted by atomic mass is 16.5. The van der Waals surface area contributed by atoms with Crippen LogP contribution in [0.15, 0.2) is 0 Å². The van der Waals surface area contributed by atoms with E-state index in [1.807, 2.05) is 0 Å². The van der Waals surface area contributed by atoms with E-state index in [4.69, 9.17) is 9.47 Å². The van der Waals surface area contributed by atoms with E-state index in [1.165, 1.54) is 7.11 Å². The molecule has 0 radical (unpaired) electrons. The van der Waals surface area contributed by atoms with Crippen molar-refractivity contribution >= 4 is 5.97 Å². The highest BCUT2D eigenvalue weighted by Crippen LogP contribution is 2.65. The minimum atomic E-state index is -0.214. The Morgan fingerprint density at radius 2 is 1.93 bits per heavy atom. The largest absolute Gasteiger partial charge is 0.469 e. The molecule has 0 atom stereocenters. The summed E-state index contributed by atoms with van der Waals surface area (Å²) in [6.07, 6.45) is 1.95. The molecule has 1 aliphatic heterocycles. The van der Waals surface area contributed by atoms with E-state index >= 15 is 0 Å². The molecule has 0 unspecified atom stereocenters. The predicted molar refractivity (Wildman–Crippen MR) is 51.8 cm³/mol. The van der Waals surface area contributed by atoms with Crippen molar-refractivity contribution in [1.29, 1.82) is 0 Å². The van der Waals surface area contributed by atoms with Gasteiger partial charge in [-0.05, 0) is 18.8 Å². The van der Waals surface area contributed by atoms with Gasteiger partial charge in [0.1, 0.15) is 0 Å². The second-order valence-electron chi connectivity index (χ2n) is 4.88. The Bertz CT molecular complexity index is 249. The molecule has 1 aliphatic carbocycles. The van der Waals surface area contributed by atoms with Crippen molar-refractivity contribution in [1.82, 2.24) is 0 Å². The number of hydrogen-bond donors (Lipinski definition) is 0. The Balaban J connectivity index is 2.24. The van der Waals surface area contributed by atoms with E-state index in [2.05, 4.69) is 13.8 Å². The maximum atomic E-state index is 11.8. The van der Waals surface area contributed by atoms with E-state index in [0.717, 1.165) is 26.1 Å². The van der Waals surface area contributed by atoms with Gasteiger partial charge in [0.25, 0.3) is 0 Å². The summed E-state index contributed by atoms with van der Waals surface area (Å²) in [6, 6.07) is 0. The molecule has 0 amide bonds. The van der Waals surface area contributed by atoms with Crippen LogP contribution in [-0.2, 0) is 14.3 Å². The fourth-order valence-electron chi connectivity index (χ4n) is 2.71. The molecule has 0 spiro atoms. The van der Waals surface area contributed by atoms with Crippen LogP contribution in [0.5, 0.6) is 0 Å². The molecule has 2 fully saturated rings. The van der Waals surface area contributed by atoms with E-state index in [-0.39, 0.29) is 16.8 Å². The summed E-state index contributed by atoms with van der Waals surface area (Å²) in [5, 5.41) is 0. The summed E-state index contributed by atoms with van der Waals surface area (Å²) in [5.74, 6) is 0.451. The first-order chi connectivity index (χ1) is 6.59. The van der Waals surface area contributed by atoms with Gasteiger partial charge < -0.3 is 9.47 Å². The molecule has 0 bridgehead atoms. The normalized spacial score (nSPS) is 26.9. The van der Waals surface area contributed by atoms with Crippen LogP contribution in [0, 0.1) is 16.7 Å². The van der Waals surface area contributed by atoms with Crippen molar-refractivity contribution in [3.63, 3.8) is 0 Å². The smallest absolute Gasteiger partial charge is 0.312 e. The van der Waals surface area contributed by atoms with Gasteiger partial charge in [0, 0.05) is 5.41 Å². The number of ether oxygens (including phenoxy) is 2. The molecule has 1 heterocycles. The fraction of sp³-hybridized carbons (Fsp3) is 0.909. The van der Waals surface area contributed by atoms with Crippen molar-refractivity contribution in [3.8, 4) is 0 Å². The molecular formula is C11H18O3. The van der Waals surface area contributed by atoms with Crippen LogP contribution in [0.4, 0.5) is 0 Å². The summed E-state index contributed by atoms with van der Waals surface area (Å²) < 4.78 is 10.2. The molecule has 2 rings (SSSR count). The summed E-state index contributed by atoms with van der Waals surface area (Å²) in [7, 11) is 1.48. The molecule has 2 aliphatic rings. The third-order valence-corrected chi connectivity index (χ3v) is 4.10. The lowest BCUT2D eigenvalue weighted by Crippen LogP contribution is -2.56. The van der Waals surface area contributed by atoms with Gasteiger partial charge in [-0.3, -0.25) is 4.79 Å². The molecule has 0 aromatic carbocycles. The standard InChI is InChI=1S/C11H18O3/c1-8(2)11(6-14-7-11)10(4-5-10)9(12)13-3/h8H,4-7H2,1-3H3. The molecule has 14 heavy (non-hydrogen) atoms. The van der Waals surface area contributed by atoms with Crippen LogP contribution in [0.1, 0.15) is 26.7 Å². The lowest BCUT2D eigenvalue weighted by Gasteiger charge is -2.49. The van der Waals surface area contributed by atoms with Crippen LogP contribution in [0.2, 0.25) is 0 Å². The Labute approximate surface area is 84.8 Å². The van der Waals surface area contributed by atoms with Gasteiger partial charge in [-0.2, -0.15) is 0 Å². The first-order valence-electron chi connectivity index (χ1n) is 5.25. The van der Waals surface area contributed by atoms with E-state index in [0.29, 0.717) is 5.92 Å². The molecule has 80 valence electrons. The second kappa shape index (κ2) is 2.96. The average Bonchev–Trinajstić information content (AvgIpc) is 2.82. The van der Waals surface area contributed by atoms with E-state index in [9.17, 15) is 4.79 Å². The molecule has 0 aromatic rings. The predicted octanol–water partition coefficient (Wildman–Crippen LogP) is 1.61. The fourth-order valence-corrected chi connectivity index (χ4v) is 2.71. The van der Waals surface area contributed by atoms with Gasteiger partial charge in [-0.1, -0.05) is 13.8 Å². The lowest BCUT2D eigenvalue weighted by molar-refractivity contribution is -0.199. The number of hydrogen-bond acceptors (Lipinski definition) is 3. The summed E-state index contributed by atoms with van der Waals surface area (Å²) >= 11 is 0. The number of methoxy groups -OCH3 is 1. The highest BCUT2D eigenvalue weighted by Gasteiger charge is 2.69. The quantitative estimate of drug-likeness (QED) is 0.646. The van der Waals surface area contributed by atoms with Crippen LogP contribution in [0.25, 0.3) is 0 Å². The van der Waals surface area contributed by atoms with Gasteiger partial charge in [0.05, 0.1) is 25.7 Å². The van der Waals surface area contributed by atoms with Gasteiger partial charge in [-0.15, -0.1) is 0 Å². The molecule has 3 heteroatoms. The van der Waals surface area contributed by atoms with Gasteiger partial charge in [-0.25, -0.2) is 0 Å². The minimum absolute atomic E-state index is 0.0329. The first kappa shape index (κ1) is 9.97. The maximum Gasteiger partial charge on any atom is 0.312 e. The number of carbonyl (C=O) groups excluding carboxylic acids is 1. The molecule has 1 saturated heterocycles. The molecular weight excluding hydrogens is 180 g/mol. The SMILES string of the molecule is COC(=O)C1(C2(C(C)C)COC2)CC1. The van der Waals surface area contributed by atoms with Crippen molar-refractivity contribution in [2.45, 2.75) is 26.7 Å². The van der Waals surface area contributed by atoms with Crippen molar-refractivity contribution in [2.75, 3.05) is 20.3 Å². The Kier molecular flexibility index (Phi) is 2.11. The zero-order chi connectivity index (χ0) is 10.4. The first-order valence-corrected chi connectivity index (χ1v) is 5.25. The maximum absolute atomic E-state index is 11.8. The van der Waals surface area contributed by atoms with Crippen LogP contribution in [0.3, 0.4) is 0 Å². The van der Waals surface area contributed by atoms with Crippen molar-refractivity contribution in [2.24, 2.45) is 16.7 Å². The summed E-state index contributed by atoms with van der Waals surface area (Å²) in [6.45, 7) is 5.79. The van der Waals surface area contributed by atoms with Crippen molar-refractivity contribution in [3.05, 3.63) is 0 Å². The van der Waals surface area contributed by atoms with Crippen LogP contribution in [-0.4, -0.2) is 26.3 Å². The third-order valence-electron chi connectivity index (χ3n) is 4.10. The average molecular weight is 198 g/mol. The zero-order valence-electron chi connectivity index (χ0n) is 9.13. The van der Waals surface area contributed by atoms with Gasteiger partial charge >= 0.3 is 5.97 Å². The molecule has 0 aromatic heterocycles. The number of carbonyl (C=O) groups is 1. The molecule has 1 saturated carbocycles. The Morgan fingerprint density at radius 3 is 2.14 bits per heavy atom. The third kappa shape index (κ3) is 0.991. The van der Waals surface area contributed by atoms with E-state index < -0.39 is 0 Å².